The van der Waals surface area contributed by atoms with Crippen molar-refractivity contribution in [3.8, 4) is 0 Å². The molecule has 24 heavy (non-hydrogen) atoms. The first-order valence-electron chi connectivity index (χ1n) is 8.56. The summed E-state index contributed by atoms with van der Waals surface area (Å²) >= 11 is 0. The van der Waals surface area contributed by atoms with Crippen molar-refractivity contribution in [1.82, 2.24) is 0 Å². The minimum absolute atomic E-state index is 0.199. The molecule has 2 saturated heterocycles. The molecule has 1 aliphatic carbocycles. The largest absolute Gasteiger partial charge is 0.461 e. The number of rotatable bonds is 3. The first kappa shape index (κ1) is 17.4. The topological polar surface area (TPSA) is 74.4 Å². The van der Waals surface area contributed by atoms with Gasteiger partial charge < -0.3 is 18.9 Å². The molecule has 6 heteroatoms. The number of allylic oxidation sites excluding steroid dienone is 1. The highest BCUT2D eigenvalue weighted by Gasteiger charge is 2.63. The molecule has 0 spiro atoms. The van der Waals surface area contributed by atoms with Gasteiger partial charge in [0.1, 0.15) is 18.3 Å². The van der Waals surface area contributed by atoms with E-state index in [1.807, 2.05) is 13.8 Å². The SMILES string of the molecule is COC[C@H]1C(=O)O[C@H]2C/C(C)=C/CC[C@@]3(C)O[C@@H]3[C@@H](OC(C)=O)[C@@H]21. The molecule has 0 bridgehead atoms. The second kappa shape index (κ2) is 6.48. The third-order valence-electron chi connectivity index (χ3n) is 5.39. The highest BCUT2D eigenvalue weighted by atomic mass is 16.6. The molecule has 2 aliphatic heterocycles. The molecule has 0 amide bonds. The van der Waals surface area contributed by atoms with Crippen molar-refractivity contribution in [2.75, 3.05) is 13.7 Å². The van der Waals surface area contributed by atoms with Crippen LogP contribution in [-0.2, 0) is 28.5 Å². The number of epoxide rings is 1. The number of carbonyl (C=O) groups excluding carboxylic acids is 2. The van der Waals surface area contributed by atoms with Crippen LogP contribution in [0.2, 0.25) is 0 Å². The fourth-order valence-electron chi connectivity index (χ4n) is 4.12. The molecule has 3 rings (SSSR count). The average Bonchev–Trinajstić information content (AvgIpc) is 3.06. The highest BCUT2D eigenvalue weighted by Crippen LogP contribution is 2.49. The molecule has 0 aromatic heterocycles. The van der Waals surface area contributed by atoms with E-state index in [2.05, 4.69) is 6.08 Å². The Kier molecular flexibility index (Phi) is 4.71. The van der Waals surface area contributed by atoms with Gasteiger partial charge >= 0.3 is 11.9 Å². The lowest BCUT2D eigenvalue weighted by Gasteiger charge is -2.29. The normalized spacial score (nSPS) is 43.8. The molecule has 2 heterocycles. The number of esters is 2. The molecule has 0 aromatic carbocycles. The lowest BCUT2D eigenvalue weighted by molar-refractivity contribution is -0.153. The van der Waals surface area contributed by atoms with Crippen LogP contribution in [0.1, 0.15) is 40.0 Å². The summed E-state index contributed by atoms with van der Waals surface area (Å²) in [5.41, 5.74) is 0.863. The Bertz CT molecular complexity index is 556. The van der Waals surface area contributed by atoms with Gasteiger partial charge in [0.15, 0.2) is 0 Å². The summed E-state index contributed by atoms with van der Waals surface area (Å²) in [6.45, 7) is 5.73. The first-order chi connectivity index (χ1) is 11.4. The van der Waals surface area contributed by atoms with E-state index in [0.29, 0.717) is 6.42 Å². The van der Waals surface area contributed by atoms with Crippen LogP contribution in [-0.4, -0.2) is 49.6 Å². The third kappa shape index (κ3) is 3.22. The molecule has 6 atom stereocenters. The fourth-order valence-corrected chi connectivity index (χ4v) is 4.12. The van der Waals surface area contributed by atoms with Gasteiger partial charge in [0.25, 0.3) is 0 Å². The highest BCUT2D eigenvalue weighted by molar-refractivity contribution is 5.76. The van der Waals surface area contributed by atoms with E-state index in [1.165, 1.54) is 12.5 Å². The van der Waals surface area contributed by atoms with E-state index in [9.17, 15) is 9.59 Å². The van der Waals surface area contributed by atoms with E-state index < -0.39 is 12.0 Å². The van der Waals surface area contributed by atoms with Gasteiger partial charge in [-0.2, -0.15) is 0 Å². The van der Waals surface area contributed by atoms with Crippen LogP contribution >= 0.6 is 0 Å². The summed E-state index contributed by atoms with van der Waals surface area (Å²) in [7, 11) is 1.56. The van der Waals surface area contributed by atoms with Crippen molar-refractivity contribution in [3.63, 3.8) is 0 Å². The molecule has 6 nitrogen and oxygen atoms in total. The molecule has 0 N–H and O–H groups in total. The Morgan fingerprint density at radius 1 is 1.46 bits per heavy atom. The second-order valence-electron chi connectivity index (χ2n) is 7.33. The summed E-state index contributed by atoms with van der Waals surface area (Å²) in [5.74, 6) is -1.34. The molecule has 0 aromatic rings. The van der Waals surface area contributed by atoms with Gasteiger partial charge in [-0.1, -0.05) is 11.6 Å². The number of fused-ring (bicyclic) bond motifs is 2. The fraction of sp³-hybridized carbons (Fsp3) is 0.778. The van der Waals surface area contributed by atoms with Gasteiger partial charge in [0, 0.05) is 20.5 Å². The zero-order valence-corrected chi connectivity index (χ0v) is 14.7. The van der Waals surface area contributed by atoms with E-state index in [1.54, 1.807) is 7.11 Å². The summed E-state index contributed by atoms with van der Waals surface area (Å²) in [6, 6.07) is 0. The van der Waals surface area contributed by atoms with Crippen LogP contribution in [0.25, 0.3) is 0 Å². The molecular formula is C18H26O6. The van der Waals surface area contributed by atoms with E-state index >= 15 is 0 Å². The van der Waals surface area contributed by atoms with Crippen LogP contribution < -0.4 is 0 Å². The van der Waals surface area contributed by atoms with Gasteiger partial charge in [0.2, 0.25) is 0 Å². The number of hydrogen-bond donors (Lipinski definition) is 0. The monoisotopic (exact) mass is 338 g/mol. The molecule has 0 radical (unpaired) electrons. The van der Waals surface area contributed by atoms with Crippen molar-refractivity contribution in [1.29, 1.82) is 0 Å². The van der Waals surface area contributed by atoms with Crippen LogP contribution in [0, 0.1) is 11.8 Å². The standard InChI is InChI=1S/C18H26O6/c1-10-6-5-7-18(3)16(24-18)15(22-11(2)19)14-12(9-21-4)17(20)23-13(14)8-10/h6,12-16H,5,7-9H2,1-4H3/b10-6+/t12-,13+,14-,15+,16-,18-/m1/s1. The number of ether oxygens (including phenoxy) is 4. The van der Waals surface area contributed by atoms with E-state index in [4.69, 9.17) is 18.9 Å². The Morgan fingerprint density at radius 2 is 2.21 bits per heavy atom. The third-order valence-corrected chi connectivity index (χ3v) is 5.39. The summed E-state index contributed by atoms with van der Waals surface area (Å²) < 4.78 is 22.5. The Balaban J connectivity index is 1.96. The first-order valence-corrected chi connectivity index (χ1v) is 8.56. The number of carbonyl (C=O) groups is 2. The molecule has 0 unspecified atom stereocenters. The van der Waals surface area contributed by atoms with Crippen LogP contribution in [0.3, 0.4) is 0 Å². The van der Waals surface area contributed by atoms with Crippen LogP contribution in [0.5, 0.6) is 0 Å². The summed E-state index contributed by atoms with van der Waals surface area (Å²) in [6.07, 6.45) is 3.60. The van der Waals surface area contributed by atoms with Crippen molar-refractivity contribution in [2.45, 2.75) is 63.9 Å². The van der Waals surface area contributed by atoms with Crippen molar-refractivity contribution < 1.29 is 28.5 Å². The molecule has 2 fully saturated rings. The molecule has 134 valence electrons. The lowest BCUT2D eigenvalue weighted by Crippen LogP contribution is -2.43. The van der Waals surface area contributed by atoms with Crippen molar-refractivity contribution >= 4 is 11.9 Å². The average molecular weight is 338 g/mol. The van der Waals surface area contributed by atoms with E-state index in [-0.39, 0.29) is 42.3 Å². The summed E-state index contributed by atoms with van der Waals surface area (Å²) in [4.78, 5) is 24.0. The Morgan fingerprint density at radius 3 is 2.88 bits per heavy atom. The second-order valence-corrected chi connectivity index (χ2v) is 7.33. The van der Waals surface area contributed by atoms with Gasteiger partial charge in [-0.3, -0.25) is 9.59 Å². The van der Waals surface area contributed by atoms with Gasteiger partial charge in [-0.05, 0) is 26.7 Å². The zero-order chi connectivity index (χ0) is 17.5. The smallest absolute Gasteiger partial charge is 0.312 e. The molecule has 3 aliphatic rings. The minimum atomic E-state index is -0.491. The number of methoxy groups -OCH3 is 1. The van der Waals surface area contributed by atoms with E-state index in [0.717, 1.165) is 12.8 Å². The van der Waals surface area contributed by atoms with Crippen LogP contribution in [0.15, 0.2) is 11.6 Å². The van der Waals surface area contributed by atoms with Crippen molar-refractivity contribution in [2.24, 2.45) is 11.8 Å². The predicted molar refractivity (Wildman–Crippen MR) is 85.2 cm³/mol. The molecule has 0 saturated carbocycles. The minimum Gasteiger partial charge on any atom is -0.461 e. The van der Waals surface area contributed by atoms with Gasteiger partial charge in [0.05, 0.1) is 24.0 Å². The summed E-state index contributed by atoms with van der Waals surface area (Å²) in [5, 5.41) is 0. The lowest BCUT2D eigenvalue weighted by atomic mass is 9.79. The maximum Gasteiger partial charge on any atom is 0.312 e. The maximum atomic E-state index is 12.4. The maximum absolute atomic E-state index is 12.4. The molecular weight excluding hydrogens is 312 g/mol. The van der Waals surface area contributed by atoms with Crippen LogP contribution in [0.4, 0.5) is 0 Å². The Hall–Kier alpha value is -1.40. The predicted octanol–water partition coefficient (Wildman–Crippen LogP) is 2.01. The quantitative estimate of drug-likeness (QED) is 0.445. The van der Waals surface area contributed by atoms with Crippen molar-refractivity contribution in [3.05, 3.63) is 11.6 Å². The van der Waals surface area contributed by atoms with Gasteiger partial charge in [-0.15, -0.1) is 0 Å². The zero-order valence-electron chi connectivity index (χ0n) is 14.7. The van der Waals surface area contributed by atoms with Gasteiger partial charge in [-0.25, -0.2) is 0 Å². The number of hydrogen-bond acceptors (Lipinski definition) is 6. The Labute approximate surface area is 142 Å².